The molecule has 2 amide bonds. The van der Waals surface area contributed by atoms with E-state index in [2.05, 4.69) is 18.2 Å². The van der Waals surface area contributed by atoms with Gasteiger partial charge in [0.05, 0.1) is 11.9 Å². The summed E-state index contributed by atoms with van der Waals surface area (Å²) >= 11 is 1.66. The van der Waals surface area contributed by atoms with E-state index < -0.39 is 0 Å². The number of likely N-dealkylation sites (tertiary alicyclic amines) is 1. The first-order valence-corrected chi connectivity index (χ1v) is 9.52. The zero-order valence-electron chi connectivity index (χ0n) is 13.5. The zero-order valence-corrected chi connectivity index (χ0v) is 14.3. The number of aliphatic hydroxyl groups excluding tert-OH is 1. The number of urea groups is 1. The fourth-order valence-electron chi connectivity index (χ4n) is 3.77. The standard InChI is InChI=1S/C17H28N2O2S/c1-3-10-22-11-8-18-17(21)19-9-4-5-15(19)14-12-13(2)6-7-16(14)20/h1,13-16,20H,4-12H2,2H3,(H,18,21). The lowest BCUT2D eigenvalue weighted by molar-refractivity contribution is 0.0154. The number of thioether (sulfide) groups is 1. The molecule has 1 aliphatic carbocycles. The average molecular weight is 324 g/mol. The predicted molar refractivity (Wildman–Crippen MR) is 91.8 cm³/mol. The first kappa shape index (κ1) is 17.5. The smallest absolute Gasteiger partial charge is 0.317 e. The van der Waals surface area contributed by atoms with Crippen molar-refractivity contribution in [2.24, 2.45) is 11.8 Å². The maximum Gasteiger partial charge on any atom is 0.317 e. The summed E-state index contributed by atoms with van der Waals surface area (Å²) in [5, 5.41) is 13.3. The van der Waals surface area contributed by atoms with Crippen molar-refractivity contribution in [1.82, 2.24) is 10.2 Å². The zero-order chi connectivity index (χ0) is 15.9. The van der Waals surface area contributed by atoms with Gasteiger partial charge in [0.15, 0.2) is 0 Å². The molecule has 4 nitrogen and oxygen atoms in total. The highest BCUT2D eigenvalue weighted by Gasteiger charge is 2.40. The molecule has 0 spiro atoms. The molecular formula is C17H28N2O2S. The molecule has 0 aromatic carbocycles. The van der Waals surface area contributed by atoms with Crippen LogP contribution in [0.5, 0.6) is 0 Å². The molecule has 0 bridgehead atoms. The van der Waals surface area contributed by atoms with Crippen LogP contribution in [0.4, 0.5) is 4.79 Å². The van der Waals surface area contributed by atoms with Crippen molar-refractivity contribution in [3.05, 3.63) is 0 Å². The Morgan fingerprint density at radius 1 is 1.45 bits per heavy atom. The van der Waals surface area contributed by atoms with Gasteiger partial charge in [-0.3, -0.25) is 0 Å². The molecule has 4 unspecified atom stereocenters. The summed E-state index contributed by atoms with van der Waals surface area (Å²) in [5.74, 6) is 5.01. The second-order valence-electron chi connectivity index (χ2n) is 6.54. The van der Waals surface area contributed by atoms with Gasteiger partial charge >= 0.3 is 6.03 Å². The second-order valence-corrected chi connectivity index (χ2v) is 7.65. The molecule has 0 radical (unpaired) electrons. The van der Waals surface area contributed by atoms with Gasteiger partial charge in [-0.1, -0.05) is 12.8 Å². The van der Waals surface area contributed by atoms with E-state index in [1.165, 1.54) is 0 Å². The predicted octanol–water partition coefficient (Wildman–Crippen LogP) is 2.32. The van der Waals surface area contributed by atoms with E-state index in [-0.39, 0.29) is 24.1 Å². The van der Waals surface area contributed by atoms with Gasteiger partial charge in [-0.25, -0.2) is 4.79 Å². The molecule has 2 fully saturated rings. The van der Waals surface area contributed by atoms with Crippen LogP contribution in [0, 0.1) is 24.2 Å². The summed E-state index contributed by atoms with van der Waals surface area (Å²) < 4.78 is 0. The summed E-state index contributed by atoms with van der Waals surface area (Å²) in [5.41, 5.74) is 0. The summed E-state index contributed by atoms with van der Waals surface area (Å²) in [6.07, 6.45) is 10.0. The summed E-state index contributed by atoms with van der Waals surface area (Å²) in [6, 6.07) is 0.227. The molecule has 4 atom stereocenters. The summed E-state index contributed by atoms with van der Waals surface area (Å²) in [7, 11) is 0. The van der Waals surface area contributed by atoms with Gasteiger partial charge in [-0.2, -0.15) is 0 Å². The molecule has 1 saturated carbocycles. The van der Waals surface area contributed by atoms with Crippen molar-refractivity contribution >= 4 is 17.8 Å². The second kappa shape index (κ2) is 8.69. The van der Waals surface area contributed by atoms with E-state index in [1.54, 1.807) is 11.8 Å². The molecule has 0 aromatic rings. The van der Waals surface area contributed by atoms with Crippen molar-refractivity contribution in [2.45, 2.75) is 51.2 Å². The van der Waals surface area contributed by atoms with Crippen molar-refractivity contribution in [3.8, 4) is 12.3 Å². The van der Waals surface area contributed by atoms with Gasteiger partial charge in [0.2, 0.25) is 0 Å². The molecule has 22 heavy (non-hydrogen) atoms. The molecule has 0 aromatic heterocycles. The van der Waals surface area contributed by atoms with Gasteiger partial charge in [0.25, 0.3) is 0 Å². The third-order valence-corrected chi connectivity index (χ3v) is 5.75. The Kier molecular flexibility index (Phi) is 6.91. The summed E-state index contributed by atoms with van der Waals surface area (Å²) in [4.78, 5) is 14.4. The number of carbonyl (C=O) groups excluding carboxylic acids is 1. The van der Waals surface area contributed by atoms with Gasteiger partial charge in [0.1, 0.15) is 0 Å². The third-order valence-electron chi connectivity index (χ3n) is 4.89. The van der Waals surface area contributed by atoms with Gasteiger partial charge in [-0.05, 0) is 38.0 Å². The SMILES string of the molecule is C#CCSCCNC(=O)N1CCCC1C1CC(C)CCC1O. The Hall–Kier alpha value is -0.860. The highest BCUT2D eigenvalue weighted by molar-refractivity contribution is 7.99. The maximum atomic E-state index is 12.4. The molecule has 124 valence electrons. The van der Waals surface area contributed by atoms with Crippen LogP contribution in [-0.4, -0.2) is 52.8 Å². The number of rotatable bonds is 5. The Labute approximate surface area is 138 Å². The van der Waals surface area contributed by atoms with Crippen LogP contribution < -0.4 is 5.32 Å². The van der Waals surface area contributed by atoms with Crippen molar-refractivity contribution in [1.29, 1.82) is 0 Å². The van der Waals surface area contributed by atoms with Crippen LogP contribution in [0.3, 0.4) is 0 Å². The van der Waals surface area contributed by atoms with Crippen LogP contribution >= 0.6 is 11.8 Å². The summed E-state index contributed by atoms with van der Waals surface area (Å²) in [6.45, 7) is 3.71. The van der Waals surface area contributed by atoms with Crippen LogP contribution in [-0.2, 0) is 0 Å². The molecule has 1 aliphatic heterocycles. The van der Waals surface area contributed by atoms with Gasteiger partial charge in [0, 0.05) is 30.8 Å². The number of nitrogens with zero attached hydrogens (tertiary/aromatic N) is 1. The first-order chi connectivity index (χ1) is 10.6. The third kappa shape index (κ3) is 4.57. The molecule has 2 rings (SSSR count). The number of carbonyl (C=O) groups is 1. The monoisotopic (exact) mass is 324 g/mol. The quantitative estimate of drug-likeness (QED) is 0.603. The van der Waals surface area contributed by atoms with E-state index in [4.69, 9.17) is 6.42 Å². The normalized spacial score (nSPS) is 31.8. The van der Waals surface area contributed by atoms with E-state index in [1.807, 2.05) is 4.90 Å². The van der Waals surface area contributed by atoms with Crippen molar-refractivity contribution in [3.63, 3.8) is 0 Å². The molecular weight excluding hydrogens is 296 g/mol. The Morgan fingerprint density at radius 3 is 3.05 bits per heavy atom. The van der Waals surface area contributed by atoms with Crippen LogP contribution in [0.15, 0.2) is 0 Å². The lowest BCUT2D eigenvalue weighted by Gasteiger charge is -2.39. The number of terminal acetylenes is 1. The number of hydrogen-bond acceptors (Lipinski definition) is 3. The first-order valence-electron chi connectivity index (χ1n) is 8.37. The lowest BCUT2D eigenvalue weighted by Crippen LogP contribution is -2.49. The van der Waals surface area contributed by atoms with Gasteiger partial charge < -0.3 is 15.3 Å². The number of amides is 2. The number of nitrogens with one attached hydrogen (secondary N) is 1. The minimum absolute atomic E-state index is 0.0224. The maximum absolute atomic E-state index is 12.4. The van der Waals surface area contributed by atoms with Crippen molar-refractivity contribution in [2.75, 3.05) is 24.6 Å². The minimum Gasteiger partial charge on any atom is -0.393 e. The molecule has 1 saturated heterocycles. The lowest BCUT2D eigenvalue weighted by atomic mass is 9.76. The van der Waals surface area contributed by atoms with Crippen LogP contribution in [0.25, 0.3) is 0 Å². The molecule has 5 heteroatoms. The fourth-order valence-corrected chi connectivity index (χ4v) is 4.28. The Bertz CT molecular complexity index is 410. The van der Waals surface area contributed by atoms with Crippen molar-refractivity contribution < 1.29 is 9.90 Å². The van der Waals surface area contributed by atoms with E-state index in [9.17, 15) is 9.90 Å². The van der Waals surface area contributed by atoms with Crippen LogP contribution in [0.1, 0.15) is 39.0 Å². The number of aliphatic hydroxyl groups is 1. The van der Waals surface area contributed by atoms with Gasteiger partial charge in [-0.15, -0.1) is 18.2 Å². The molecule has 2 N–H and O–H groups in total. The fraction of sp³-hybridized carbons (Fsp3) is 0.824. The van der Waals surface area contributed by atoms with E-state index >= 15 is 0 Å². The number of hydrogen-bond donors (Lipinski definition) is 2. The highest BCUT2D eigenvalue weighted by atomic mass is 32.2. The van der Waals surface area contributed by atoms with E-state index in [0.29, 0.717) is 18.2 Å². The highest BCUT2D eigenvalue weighted by Crippen LogP contribution is 2.37. The molecule has 1 heterocycles. The van der Waals surface area contributed by atoms with Crippen LogP contribution in [0.2, 0.25) is 0 Å². The minimum atomic E-state index is -0.249. The van der Waals surface area contributed by atoms with E-state index in [0.717, 1.165) is 44.4 Å². The Balaban J connectivity index is 1.84. The Morgan fingerprint density at radius 2 is 2.27 bits per heavy atom. The topological polar surface area (TPSA) is 52.6 Å². The average Bonchev–Trinajstić information content (AvgIpc) is 2.98. The molecule has 2 aliphatic rings. The largest absolute Gasteiger partial charge is 0.393 e.